The number of carbonyl (C=O) groups is 2. The number of nitrogens with zero attached hydrogens (tertiary/aromatic N) is 1. The summed E-state index contributed by atoms with van der Waals surface area (Å²) in [5, 5.41) is 22.8. The standard InChI is InChI=1S/C13H25N3O4/c1-2-6-16-7-3-10(4-8-16)14-13(20)15-11(5-9-17)12(18)19/h10-11,17H,2-9H2,1H3,(H,18,19)(H2,14,15,20)/t11-/m1/s1. The number of hydrogen-bond donors (Lipinski definition) is 4. The summed E-state index contributed by atoms with van der Waals surface area (Å²) in [4.78, 5) is 25.0. The van der Waals surface area contributed by atoms with E-state index in [0.717, 1.165) is 38.9 Å². The van der Waals surface area contributed by atoms with Gasteiger partial charge in [-0.25, -0.2) is 9.59 Å². The molecule has 4 N–H and O–H groups in total. The van der Waals surface area contributed by atoms with Crippen molar-refractivity contribution in [3.05, 3.63) is 0 Å². The summed E-state index contributed by atoms with van der Waals surface area (Å²) in [6.07, 6.45) is 2.90. The van der Waals surface area contributed by atoms with Crippen LogP contribution < -0.4 is 10.6 Å². The third-order valence-electron chi connectivity index (χ3n) is 3.48. The smallest absolute Gasteiger partial charge is 0.326 e. The van der Waals surface area contributed by atoms with Gasteiger partial charge in [-0.15, -0.1) is 0 Å². The quantitative estimate of drug-likeness (QED) is 0.528. The van der Waals surface area contributed by atoms with Crippen LogP contribution in [-0.2, 0) is 4.79 Å². The fourth-order valence-electron chi connectivity index (χ4n) is 2.39. The second kappa shape index (κ2) is 8.76. The van der Waals surface area contributed by atoms with E-state index in [2.05, 4.69) is 22.5 Å². The van der Waals surface area contributed by atoms with Crippen LogP contribution in [0.5, 0.6) is 0 Å². The van der Waals surface area contributed by atoms with Crippen molar-refractivity contribution in [3.8, 4) is 0 Å². The van der Waals surface area contributed by atoms with Gasteiger partial charge < -0.3 is 25.7 Å². The van der Waals surface area contributed by atoms with E-state index < -0.39 is 18.0 Å². The number of aliphatic hydroxyl groups excluding tert-OH is 1. The molecule has 0 unspecified atom stereocenters. The molecule has 0 spiro atoms. The molecule has 1 fully saturated rings. The van der Waals surface area contributed by atoms with Crippen molar-refractivity contribution in [2.75, 3.05) is 26.2 Å². The van der Waals surface area contributed by atoms with Crippen molar-refractivity contribution >= 4 is 12.0 Å². The van der Waals surface area contributed by atoms with Gasteiger partial charge in [-0.2, -0.15) is 0 Å². The normalized spacial score (nSPS) is 18.5. The van der Waals surface area contributed by atoms with Crippen LogP contribution >= 0.6 is 0 Å². The zero-order valence-corrected chi connectivity index (χ0v) is 12.0. The Balaban J connectivity index is 2.30. The Hall–Kier alpha value is -1.34. The second-order valence-corrected chi connectivity index (χ2v) is 5.14. The summed E-state index contributed by atoms with van der Waals surface area (Å²) < 4.78 is 0. The Morgan fingerprint density at radius 3 is 2.50 bits per heavy atom. The number of aliphatic carboxylic acids is 1. The number of piperidine rings is 1. The van der Waals surface area contributed by atoms with Crippen LogP contribution in [0.25, 0.3) is 0 Å². The molecule has 0 saturated carbocycles. The van der Waals surface area contributed by atoms with Gasteiger partial charge in [0.2, 0.25) is 0 Å². The van der Waals surface area contributed by atoms with Crippen LogP contribution in [0.1, 0.15) is 32.6 Å². The van der Waals surface area contributed by atoms with Crippen molar-refractivity contribution in [2.24, 2.45) is 0 Å². The predicted molar refractivity (Wildman–Crippen MR) is 74.5 cm³/mol. The summed E-state index contributed by atoms with van der Waals surface area (Å²) in [6.45, 7) is 4.86. The molecule has 7 heteroatoms. The highest BCUT2D eigenvalue weighted by Crippen LogP contribution is 2.10. The van der Waals surface area contributed by atoms with Gasteiger partial charge in [0.15, 0.2) is 0 Å². The summed E-state index contributed by atoms with van der Waals surface area (Å²) in [7, 11) is 0. The molecular weight excluding hydrogens is 262 g/mol. The van der Waals surface area contributed by atoms with Crippen molar-refractivity contribution in [3.63, 3.8) is 0 Å². The Kier molecular flexibility index (Phi) is 7.32. The van der Waals surface area contributed by atoms with Gasteiger partial charge >= 0.3 is 12.0 Å². The topological polar surface area (TPSA) is 102 Å². The minimum absolute atomic E-state index is 0.0116. The lowest BCUT2D eigenvalue weighted by Gasteiger charge is -2.32. The molecule has 116 valence electrons. The van der Waals surface area contributed by atoms with Crippen LogP contribution in [0.3, 0.4) is 0 Å². The van der Waals surface area contributed by atoms with Crippen molar-refractivity contribution in [2.45, 2.75) is 44.7 Å². The van der Waals surface area contributed by atoms with Crippen LogP contribution in [-0.4, -0.2) is 65.4 Å². The Morgan fingerprint density at radius 1 is 1.35 bits per heavy atom. The summed E-state index contributed by atoms with van der Waals surface area (Å²) in [5.41, 5.74) is 0. The van der Waals surface area contributed by atoms with E-state index in [-0.39, 0.29) is 19.1 Å². The van der Waals surface area contributed by atoms with Crippen molar-refractivity contribution < 1.29 is 19.8 Å². The number of carboxylic acids is 1. The van der Waals surface area contributed by atoms with Gasteiger partial charge in [-0.1, -0.05) is 6.92 Å². The first-order valence-corrected chi connectivity index (χ1v) is 7.19. The average molecular weight is 287 g/mol. The molecule has 0 aromatic carbocycles. The van der Waals surface area contributed by atoms with E-state index in [4.69, 9.17) is 10.2 Å². The van der Waals surface area contributed by atoms with E-state index in [9.17, 15) is 9.59 Å². The lowest BCUT2D eigenvalue weighted by Crippen LogP contribution is -2.51. The third kappa shape index (κ3) is 5.75. The highest BCUT2D eigenvalue weighted by atomic mass is 16.4. The SMILES string of the molecule is CCCN1CCC(NC(=O)N[C@H](CCO)C(=O)O)CC1. The van der Waals surface area contributed by atoms with Crippen molar-refractivity contribution in [1.29, 1.82) is 0 Å². The molecular formula is C13H25N3O4. The largest absolute Gasteiger partial charge is 0.480 e. The van der Waals surface area contributed by atoms with E-state index in [1.807, 2.05) is 0 Å². The third-order valence-corrected chi connectivity index (χ3v) is 3.48. The Bertz CT molecular complexity index is 317. The first kappa shape index (κ1) is 16.7. The molecule has 0 bridgehead atoms. The first-order valence-electron chi connectivity index (χ1n) is 7.19. The van der Waals surface area contributed by atoms with Gasteiger partial charge in [0.1, 0.15) is 6.04 Å². The molecule has 0 aromatic rings. The fraction of sp³-hybridized carbons (Fsp3) is 0.846. The monoisotopic (exact) mass is 287 g/mol. The number of rotatable bonds is 7. The Labute approximate surface area is 119 Å². The molecule has 1 atom stereocenters. The maximum atomic E-state index is 11.7. The van der Waals surface area contributed by atoms with Crippen LogP contribution in [0, 0.1) is 0 Å². The summed E-state index contributed by atoms with van der Waals surface area (Å²) >= 11 is 0. The molecule has 1 aliphatic rings. The fourth-order valence-corrected chi connectivity index (χ4v) is 2.39. The van der Waals surface area contributed by atoms with Gasteiger partial charge in [0.25, 0.3) is 0 Å². The molecule has 0 aliphatic carbocycles. The Morgan fingerprint density at radius 2 is 2.00 bits per heavy atom. The number of aliphatic hydroxyl groups is 1. The van der Waals surface area contributed by atoms with Gasteiger partial charge in [0, 0.05) is 32.2 Å². The number of hydrogen-bond acceptors (Lipinski definition) is 4. The first-order chi connectivity index (χ1) is 9.56. The van der Waals surface area contributed by atoms with Crippen molar-refractivity contribution in [1.82, 2.24) is 15.5 Å². The number of carbonyl (C=O) groups excluding carboxylic acids is 1. The van der Waals surface area contributed by atoms with Gasteiger partial charge in [0.05, 0.1) is 0 Å². The molecule has 0 radical (unpaired) electrons. The zero-order valence-electron chi connectivity index (χ0n) is 12.0. The number of carboxylic acid groups (broad SMARTS) is 1. The predicted octanol–water partition coefficient (Wildman–Crippen LogP) is -0.00440. The number of amides is 2. The number of urea groups is 1. The van der Waals surface area contributed by atoms with E-state index in [1.54, 1.807) is 0 Å². The van der Waals surface area contributed by atoms with E-state index in [1.165, 1.54) is 0 Å². The average Bonchev–Trinajstić information content (AvgIpc) is 2.40. The van der Waals surface area contributed by atoms with Crippen LogP contribution in [0.4, 0.5) is 4.79 Å². The molecule has 0 aromatic heterocycles. The van der Waals surface area contributed by atoms with Gasteiger partial charge in [-0.3, -0.25) is 0 Å². The summed E-state index contributed by atoms with van der Waals surface area (Å²) in [5.74, 6) is -1.13. The second-order valence-electron chi connectivity index (χ2n) is 5.14. The van der Waals surface area contributed by atoms with Crippen LogP contribution in [0.15, 0.2) is 0 Å². The number of nitrogens with one attached hydrogen (secondary N) is 2. The molecule has 2 amide bonds. The molecule has 1 rings (SSSR count). The zero-order chi connectivity index (χ0) is 15.0. The lowest BCUT2D eigenvalue weighted by atomic mass is 10.1. The molecule has 20 heavy (non-hydrogen) atoms. The highest BCUT2D eigenvalue weighted by molar-refractivity contribution is 5.82. The van der Waals surface area contributed by atoms with E-state index >= 15 is 0 Å². The minimum atomic E-state index is -1.13. The molecule has 1 saturated heterocycles. The maximum absolute atomic E-state index is 11.7. The molecule has 7 nitrogen and oxygen atoms in total. The van der Waals surface area contributed by atoms with Gasteiger partial charge in [-0.05, 0) is 25.8 Å². The van der Waals surface area contributed by atoms with Crippen LogP contribution in [0.2, 0.25) is 0 Å². The van der Waals surface area contributed by atoms with E-state index in [0.29, 0.717) is 0 Å². The highest BCUT2D eigenvalue weighted by Gasteiger charge is 2.23. The minimum Gasteiger partial charge on any atom is -0.480 e. The number of likely N-dealkylation sites (tertiary alicyclic amines) is 1. The maximum Gasteiger partial charge on any atom is 0.326 e. The lowest BCUT2D eigenvalue weighted by molar-refractivity contribution is -0.139. The molecule has 1 heterocycles. The summed E-state index contributed by atoms with van der Waals surface area (Å²) in [6, 6.07) is -1.42. The molecule has 1 aliphatic heterocycles.